The molecule has 212 valence electrons. The number of carboxylic acids is 2. The third-order valence-electron chi connectivity index (χ3n) is 5.42. The molecule has 2 aliphatic heterocycles. The highest BCUT2D eigenvalue weighted by Crippen LogP contribution is 2.27. The summed E-state index contributed by atoms with van der Waals surface area (Å²) in [7, 11) is 0. The number of rotatable bonds is 4. The van der Waals surface area contributed by atoms with E-state index in [4.69, 9.17) is 29.0 Å². The van der Waals surface area contributed by atoms with Gasteiger partial charge in [0.15, 0.2) is 0 Å². The second-order valence-electron chi connectivity index (χ2n) is 8.43. The zero-order valence-electron chi connectivity index (χ0n) is 19.9. The van der Waals surface area contributed by atoms with Crippen molar-refractivity contribution in [1.29, 1.82) is 0 Å². The Kier molecular flexibility index (Phi) is 10.5. The number of benzene rings is 1. The number of carboxylic acid groups (broad SMARTS) is 2. The summed E-state index contributed by atoms with van der Waals surface area (Å²) in [5, 5.41) is 14.2. The van der Waals surface area contributed by atoms with Gasteiger partial charge in [-0.05, 0) is 31.2 Å². The van der Waals surface area contributed by atoms with Gasteiger partial charge in [-0.2, -0.15) is 26.3 Å². The first-order valence-electron chi connectivity index (χ1n) is 11.1. The number of furan rings is 1. The van der Waals surface area contributed by atoms with Crippen molar-refractivity contribution in [2.24, 2.45) is 0 Å². The molecule has 3 heterocycles. The van der Waals surface area contributed by atoms with Gasteiger partial charge in [-0.25, -0.2) is 14.0 Å². The first-order valence-corrected chi connectivity index (χ1v) is 11.1. The minimum atomic E-state index is -5.08. The SMILES string of the molecule is Cc1ccc(CN2CCN3CC(Oc4cccc(F)c4)CC3C2)o1.O=C(O)C(F)(F)F.O=C(O)C(F)(F)F. The van der Waals surface area contributed by atoms with Crippen molar-refractivity contribution < 1.29 is 59.7 Å². The zero-order valence-corrected chi connectivity index (χ0v) is 19.9. The van der Waals surface area contributed by atoms with Crippen molar-refractivity contribution in [3.8, 4) is 5.75 Å². The summed E-state index contributed by atoms with van der Waals surface area (Å²) in [6.07, 6.45) is -9.04. The number of piperazine rings is 1. The highest BCUT2D eigenvalue weighted by atomic mass is 19.4. The minimum Gasteiger partial charge on any atom is -0.489 e. The maximum absolute atomic E-state index is 13.3. The van der Waals surface area contributed by atoms with Gasteiger partial charge in [0.1, 0.15) is 29.2 Å². The molecule has 0 spiro atoms. The molecule has 2 saturated heterocycles. The summed E-state index contributed by atoms with van der Waals surface area (Å²) in [5.74, 6) is -3.13. The van der Waals surface area contributed by atoms with E-state index in [1.54, 1.807) is 6.07 Å². The Morgan fingerprint density at radius 2 is 1.61 bits per heavy atom. The molecule has 15 heteroatoms. The second kappa shape index (κ2) is 13.0. The normalized spacial score (nSPS) is 19.9. The van der Waals surface area contributed by atoms with Gasteiger partial charge in [0.05, 0.1) is 6.54 Å². The van der Waals surface area contributed by atoms with Gasteiger partial charge in [-0.15, -0.1) is 0 Å². The van der Waals surface area contributed by atoms with Crippen molar-refractivity contribution in [2.45, 2.75) is 44.4 Å². The Balaban J connectivity index is 0.000000301. The Morgan fingerprint density at radius 1 is 1.00 bits per heavy atom. The third-order valence-corrected chi connectivity index (χ3v) is 5.42. The van der Waals surface area contributed by atoms with Crippen LogP contribution >= 0.6 is 0 Å². The lowest BCUT2D eigenvalue weighted by Gasteiger charge is -2.36. The van der Waals surface area contributed by atoms with Crippen LogP contribution in [-0.2, 0) is 16.1 Å². The van der Waals surface area contributed by atoms with E-state index in [1.165, 1.54) is 12.1 Å². The average molecular weight is 558 g/mol. The average Bonchev–Trinajstić information content (AvgIpc) is 3.38. The molecule has 38 heavy (non-hydrogen) atoms. The fourth-order valence-corrected chi connectivity index (χ4v) is 3.81. The van der Waals surface area contributed by atoms with E-state index in [-0.39, 0.29) is 11.9 Å². The molecule has 4 rings (SSSR count). The molecule has 2 fully saturated rings. The third kappa shape index (κ3) is 10.2. The standard InChI is InChI=1S/C19H23FN2O2.2C2HF3O2/c1-14-5-6-18(23-14)12-21-7-8-22-13-19(10-16(22)11-21)24-17-4-2-3-15(20)9-17;2*3-2(4,5)1(6)7/h2-6,9,16,19H,7-8,10-13H2,1H3;2*(H,6,7). The van der Waals surface area contributed by atoms with E-state index in [0.29, 0.717) is 11.8 Å². The number of nitrogens with zero attached hydrogens (tertiary/aromatic N) is 2. The molecule has 0 aliphatic carbocycles. The lowest BCUT2D eigenvalue weighted by Crippen LogP contribution is -2.49. The number of aliphatic carboxylic acids is 2. The number of hydrogen-bond acceptors (Lipinski definition) is 6. The number of ether oxygens (including phenoxy) is 1. The molecule has 2 unspecified atom stereocenters. The molecule has 8 nitrogen and oxygen atoms in total. The van der Waals surface area contributed by atoms with E-state index in [2.05, 4.69) is 15.9 Å². The molecule has 0 bridgehead atoms. The molecule has 0 radical (unpaired) electrons. The summed E-state index contributed by atoms with van der Waals surface area (Å²) >= 11 is 0. The number of alkyl halides is 6. The van der Waals surface area contributed by atoms with E-state index < -0.39 is 24.3 Å². The van der Waals surface area contributed by atoms with Crippen LogP contribution in [0.1, 0.15) is 17.9 Å². The predicted molar refractivity (Wildman–Crippen MR) is 117 cm³/mol. The molecule has 1 aromatic carbocycles. The maximum Gasteiger partial charge on any atom is 0.490 e. The molecule has 0 amide bonds. The number of aryl methyl sites for hydroxylation is 1. The molecule has 1 aromatic heterocycles. The lowest BCUT2D eigenvalue weighted by atomic mass is 10.1. The monoisotopic (exact) mass is 558 g/mol. The Labute approximate surface area is 212 Å². The van der Waals surface area contributed by atoms with Crippen LogP contribution in [0.5, 0.6) is 5.75 Å². The molecule has 2 aliphatic rings. The van der Waals surface area contributed by atoms with E-state index in [1.807, 2.05) is 19.1 Å². The van der Waals surface area contributed by atoms with Gasteiger partial charge in [0.25, 0.3) is 0 Å². The van der Waals surface area contributed by atoms with Gasteiger partial charge in [0, 0.05) is 44.7 Å². The summed E-state index contributed by atoms with van der Waals surface area (Å²) in [6, 6.07) is 11.0. The molecular weight excluding hydrogens is 533 g/mol. The summed E-state index contributed by atoms with van der Waals surface area (Å²) in [6.45, 7) is 6.90. The predicted octanol–water partition coefficient (Wildman–Crippen LogP) is 4.33. The summed E-state index contributed by atoms with van der Waals surface area (Å²) in [5.41, 5.74) is 0. The number of hydrogen-bond donors (Lipinski definition) is 2. The maximum atomic E-state index is 13.3. The largest absolute Gasteiger partial charge is 0.490 e. The van der Waals surface area contributed by atoms with Crippen LogP contribution < -0.4 is 4.74 Å². The van der Waals surface area contributed by atoms with Crippen molar-refractivity contribution in [3.05, 3.63) is 53.7 Å². The van der Waals surface area contributed by atoms with Gasteiger partial charge in [-0.1, -0.05) is 6.07 Å². The van der Waals surface area contributed by atoms with Gasteiger partial charge >= 0.3 is 24.3 Å². The van der Waals surface area contributed by atoms with Gasteiger partial charge < -0.3 is 19.4 Å². The Bertz CT molecular complexity index is 1050. The van der Waals surface area contributed by atoms with Crippen LogP contribution in [0.25, 0.3) is 0 Å². The highest BCUT2D eigenvalue weighted by Gasteiger charge is 2.39. The van der Waals surface area contributed by atoms with E-state index in [9.17, 15) is 30.7 Å². The minimum absolute atomic E-state index is 0.141. The van der Waals surface area contributed by atoms with Crippen LogP contribution in [0.4, 0.5) is 30.7 Å². The first kappa shape index (κ1) is 30.9. The van der Waals surface area contributed by atoms with Crippen LogP contribution in [0, 0.1) is 12.7 Å². The topological polar surface area (TPSA) is 103 Å². The van der Waals surface area contributed by atoms with E-state index >= 15 is 0 Å². The number of halogens is 7. The fraction of sp³-hybridized carbons (Fsp3) is 0.478. The van der Waals surface area contributed by atoms with Crippen LogP contribution in [0.15, 0.2) is 40.8 Å². The van der Waals surface area contributed by atoms with Gasteiger partial charge in [-0.3, -0.25) is 9.80 Å². The van der Waals surface area contributed by atoms with Crippen molar-refractivity contribution in [3.63, 3.8) is 0 Å². The first-order chi connectivity index (χ1) is 17.5. The number of carbonyl (C=O) groups is 2. The molecule has 2 N–H and O–H groups in total. The second-order valence-corrected chi connectivity index (χ2v) is 8.43. The van der Waals surface area contributed by atoms with Crippen molar-refractivity contribution in [1.82, 2.24) is 9.80 Å². The highest BCUT2D eigenvalue weighted by molar-refractivity contribution is 5.73. The van der Waals surface area contributed by atoms with Crippen LogP contribution in [0.3, 0.4) is 0 Å². The summed E-state index contributed by atoms with van der Waals surface area (Å²) < 4.78 is 88.4. The van der Waals surface area contributed by atoms with Crippen molar-refractivity contribution >= 4 is 11.9 Å². The fourth-order valence-electron chi connectivity index (χ4n) is 3.81. The van der Waals surface area contributed by atoms with Crippen molar-refractivity contribution in [2.75, 3.05) is 26.2 Å². The molecular formula is C23H25F7N2O6. The van der Waals surface area contributed by atoms with E-state index in [0.717, 1.165) is 50.7 Å². The summed E-state index contributed by atoms with van der Waals surface area (Å²) in [4.78, 5) is 22.7. The molecule has 0 saturated carbocycles. The number of fused-ring (bicyclic) bond motifs is 1. The van der Waals surface area contributed by atoms with Crippen LogP contribution in [0.2, 0.25) is 0 Å². The van der Waals surface area contributed by atoms with Gasteiger partial charge in [0.2, 0.25) is 0 Å². The quantitative estimate of drug-likeness (QED) is 0.535. The smallest absolute Gasteiger partial charge is 0.489 e. The zero-order chi connectivity index (χ0) is 28.7. The van der Waals surface area contributed by atoms with Crippen LogP contribution in [-0.4, -0.2) is 82.6 Å². The molecule has 2 aromatic rings. The Hall–Kier alpha value is -3.33. The molecule has 2 atom stereocenters. The lowest BCUT2D eigenvalue weighted by molar-refractivity contribution is -0.193. The Morgan fingerprint density at radius 3 is 2.11 bits per heavy atom.